The molecule has 1 fully saturated rings. The van der Waals surface area contributed by atoms with Gasteiger partial charge in [0.15, 0.2) is 17.3 Å². The molecule has 0 unspecified atom stereocenters. The second-order valence-electron chi connectivity index (χ2n) is 8.04. The highest BCUT2D eigenvalue weighted by Crippen LogP contribution is 2.37. The topological polar surface area (TPSA) is 38.8 Å². The number of piperidine rings is 1. The van der Waals surface area contributed by atoms with Crippen molar-refractivity contribution in [2.45, 2.75) is 32.2 Å². The van der Waals surface area contributed by atoms with Crippen LogP contribution in [0.1, 0.15) is 40.7 Å². The summed E-state index contributed by atoms with van der Waals surface area (Å²) in [5, 5.41) is 0. The lowest BCUT2D eigenvalue weighted by molar-refractivity contribution is 0.103. The predicted molar refractivity (Wildman–Crippen MR) is 115 cm³/mol. The highest BCUT2D eigenvalue weighted by Gasteiger charge is 2.27. The molecule has 0 saturated carbocycles. The number of fused-ring (bicyclic) bond motifs is 1. The largest absolute Gasteiger partial charge is 0.493 e. The molecule has 1 aliphatic carbocycles. The molecule has 29 heavy (non-hydrogen) atoms. The summed E-state index contributed by atoms with van der Waals surface area (Å²) in [7, 11) is 3.23. The number of hydrogen-bond donors (Lipinski definition) is 0. The first-order chi connectivity index (χ1) is 14.2. The van der Waals surface area contributed by atoms with Crippen LogP contribution in [0, 0.1) is 5.92 Å². The third-order valence-electron chi connectivity index (χ3n) is 6.18. The minimum absolute atomic E-state index is 0.141. The molecule has 0 bridgehead atoms. The Morgan fingerprint density at radius 3 is 2.41 bits per heavy atom. The van der Waals surface area contributed by atoms with E-state index in [0.717, 1.165) is 42.8 Å². The molecule has 4 nitrogen and oxygen atoms in total. The number of likely N-dealkylation sites (tertiary alicyclic amines) is 1. The minimum Gasteiger partial charge on any atom is -0.493 e. The summed E-state index contributed by atoms with van der Waals surface area (Å²) < 4.78 is 10.7. The Morgan fingerprint density at radius 2 is 1.72 bits per heavy atom. The summed E-state index contributed by atoms with van der Waals surface area (Å²) in [6, 6.07) is 14.4. The van der Waals surface area contributed by atoms with E-state index in [1.807, 2.05) is 12.1 Å². The molecule has 1 heterocycles. The van der Waals surface area contributed by atoms with Crippen LogP contribution < -0.4 is 9.47 Å². The smallest absolute Gasteiger partial charge is 0.189 e. The molecule has 4 heteroatoms. The maximum absolute atomic E-state index is 12.8. The Bertz CT molecular complexity index is 896. The number of hydrogen-bond acceptors (Lipinski definition) is 4. The summed E-state index contributed by atoms with van der Waals surface area (Å²) in [5.41, 5.74) is 4.10. The second-order valence-corrected chi connectivity index (χ2v) is 8.04. The number of ketones is 1. The zero-order chi connectivity index (χ0) is 20.2. The molecule has 2 aromatic rings. The van der Waals surface area contributed by atoms with Crippen LogP contribution in [0.25, 0.3) is 0 Å². The highest BCUT2D eigenvalue weighted by atomic mass is 16.5. The van der Waals surface area contributed by atoms with E-state index < -0.39 is 0 Å². The molecule has 1 saturated heterocycles. The fourth-order valence-corrected chi connectivity index (χ4v) is 4.43. The number of carbonyl (C=O) groups excluding carboxylic acids is 1. The maximum Gasteiger partial charge on any atom is 0.189 e. The lowest BCUT2D eigenvalue weighted by atomic mass is 9.92. The van der Waals surface area contributed by atoms with Crippen molar-refractivity contribution in [1.29, 1.82) is 0 Å². The normalized spacial score (nSPS) is 18.8. The Morgan fingerprint density at radius 1 is 1.03 bits per heavy atom. The average molecular weight is 392 g/mol. The van der Waals surface area contributed by atoms with Crippen LogP contribution in [0.4, 0.5) is 0 Å². The molecule has 0 N–H and O–H groups in total. The molecule has 0 amide bonds. The monoisotopic (exact) mass is 391 g/mol. The molecule has 1 aliphatic heterocycles. The molecule has 0 spiro atoms. The first kappa shape index (κ1) is 19.7. The summed E-state index contributed by atoms with van der Waals surface area (Å²) in [4.78, 5) is 15.4. The Balaban J connectivity index is 1.34. The number of methoxy groups -OCH3 is 2. The van der Waals surface area contributed by atoms with Crippen molar-refractivity contribution in [3.8, 4) is 11.5 Å². The van der Waals surface area contributed by atoms with Gasteiger partial charge in [0, 0.05) is 24.1 Å². The van der Waals surface area contributed by atoms with Gasteiger partial charge in [-0.15, -0.1) is 0 Å². The van der Waals surface area contributed by atoms with Crippen molar-refractivity contribution in [3.05, 3.63) is 70.8 Å². The number of allylic oxidation sites excluding steroid dienone is 2. The van der Waals surface area contributed by atoms with Gasteiger partial charge >= 0.3 is 0 Å². The van der Waals surface area contributed by atoms with Crippen LogP contribution in [0.15, 0.2) is 54.1 Å². The molecule has 4 rings (SSSR count). The molecule has 152 valence electrons. The molecular weight excluding hydrogens is 362 g/mol. The van der Waals surface area contributed by atoms with Crippen molar-refractivity contribution in [2.24, 2.45) is 5.92 Å². The van der Waals surface area contributed by atoms with E-state index in [0.29, 0.717) is 23.8 Å². The Hall–Kier alpha value is -2.59. The van der Waals surface area contributed by atoms with Crippen molar-refractivity contribution in [3.63, 3.8) is 0 Å². The van der Waals surface area contributed by atoms with E-state index in [1.165, 1.54) is 18.4 Å². The van der Waals surface area contributed by atoms with Gasteiger partial charge in [0.05, 0.1) is 14.2 Å². The predicted octanol–water partition coefficient (Wildman–Crippen LogP) is 4.67. The van der Waals surface area contributed by atoms with Gasteiger partial charge in [-0.05, 0) is 61.5 Å². The quantitative estimate of drug-likeness (QED) is 0.671. The van der Waals surface area contributed by atoms with Crippen LogP contribution in [0.2, 0.25) is 0 Å². The van der Waals surface area contributed by atoms with Gasteiger partial charge in [0.2, 0.25) is 0 Å². The van der Waals surface area contributed by atoms with Gasteiger partial charge in [0.25, 0.3) is 0 Å². The van der Waals surface area contributed by atoms with Crippen LogP contribution in [0.5, 0.6) is 11.5 Å². The molecule has 2 aromatic carbocycles. The number of Topliss-reactive ketones (excluding diaryl/α,β-unsaturated/α-hetero) is 1. The minimum atomic E-state index is 0.141. The van der Waals surface area contributed by atoms with Crippen molar-refractivity contribution >= 4 is 5.78 Å². The Kier molecular flexibility index (Phi) is 6.00. The van der Waals surface area contributed by atoms with E-state index in [9.17, 15) is 4.79 Å². The molecule has 0 radical (unpaired) electrons. The first-order valence-electron chi connectivity index (χ1n) is 10.4. The third-order valence-corrected chi connectivity index (χ3v) is 6.18. The maximum atomic E-state index is 12.8. The van der Waals surface area contributed by atoms with Crippen LogP contribution in [0.3, 0.4) is 0 Å². The second kappa shape index (κ2) is 8.83. The average Bonchev–Trinajstić information content (AvgIpc) is 3.07. The van der Waals surface area contributed by atoms with Gasteiger partial charge in [0.1, 0.15) is 0 Å². The van der Waals surface area contributed by atoms with Crippen molar-refractivity contribution in [2.75, 3.05) is 27.3 Å². The van der Waals surface area contributed by atoms with E-state index in [2.05, 4.69) is 41.3 Å². The van der Waals surface area contributed by atoms with Gasteiger partial charge in [-0.1, -0.05) is 36.4 Å². The van der Waals surface area contributed by atoms with Gasteiger partial charge in [-0.2, -0.15) is 0 Å². The van der Waals surface area contributed by atoms with Gasteiger partial charge in [-0.25, -0.2) is 0 Å². The summed E-state index contributed by atoms with van der Waals surface area (Å²) >= 11 is 0. The highest BCUT2D eigenvalue weighted by molar-refractivity contribution is 6.13. The number of ether oxygens (including phenoxy) is 2. The standard InChI is InChI=1S/C25H29NO3/c1-28-23-15-21-14-20(25(27)22(21)16-24(23)29-2)9-8-18-10-12-26(13-11-18)17-19-6-4-3-5-7-19/h3-7,9,15-16,18H,8,10-14,17H2,1-2H3/b20-9+. The molecule has 2 aliphatic rings. The zero-order valence-electron chi connectivity index (χ0n) is 17.3. The molecular formula is C25H29NO3. The van der Waals surface area contributed by atoms with Crippen LogP contribution in [-0.2, 0) is 13.0 Å². The van der Waals surface area contributed by atoms with Crippen LogP contribution >= 0.6 is 0 Å². The van der Waals surface area contributed by atoms with Crippen LogP contribution in [-0.4, -0.2) is 38.0 Å². The van der Waals surface area contributed by atoms with E-state index >= 15 is 0 Å². The fraction of sp³-hybridized carbons (Fsp3) is 0.400. The molecule has 0 aromatic heterocycles. The summed E-state index contributed by atoms with van der Waals surface area (Å²) in [6.45, 7) is 3.29. The summed E-state index contributed by atoms with van der Waals surface area (Å²) in [6.07, 6.45) is 6.25. The number of rotatable bonds is 6. The SMILES string of the molecule is COc1cc2c(cc1OC)C(=O)/C(=C/CC1CCN(Cc3ccccc3)CC1)C2. The Labute approximate surface area is 173 Å². The van der Waals surface area contributed by atoms with Crippen molar-refractivity contribution in [1.82, 2.24) is 4.90 Å². The lowest BCUT2D eigenvalue weighted by Gasteiger charge is -2.31. The molecule has 0 atom stereocenters. The zero-order valence-corrected chi connectivity index (χ0v) is 17.3. The van der Waals surface area contributed by atoms with Gasteiger partial charge in [-0.3, -0.25) is 9.69 Å². The lowest BCUT2D eigenvalue weighted by Crippen LogP contribution is -2.33. The summed E-state index contributed by atoms with van der Waals surface area (Å²) in [5.74, 6) is 2.11. The van der Waals surface area contributed by atoms with E-state index in [4.69, 9.17) is 9.47 Å². The van der Waals surface area contributed by atoms with Gasteiger partial charge < -0.3 is 9.47 Å². The number of carbonyl (C=O) groups is 1. The van der Waals surface area contributed by atoms with Crippen molar-refractivity contribution < 1.29 is 14.3 Å². The van der Waals surface area contributed by atoms with E-state index in [1.54, 1.807) is 14.2 Å². The first-order valence-corrected chi connectivity index (χ1v) is 10.4. The fourth-order valence-electron chi connectivity index (χ4n) is 4.43. The third kappa shape index (κ3) is 4.38. The number of nitrogens with zero attached hydrogens (tertiary/aromatic N) is 1. The van der Waals surface area contributed by atoms with E-state index in [-0.39, 0.29) is 5.78 Å². The number of benzene rings is 2.